The van der Waals surface area contributed by atoms with Crippen molar-refractivity contribution in [2.45, 2.75) is 23.9 Å². The minimum absolute atomic E-state index is 0.118. The van der Waals surface area contributed by atoms with Crippen molar-refractivity contribution in [3.05, 3.63) is 36.9 Å². The highest BCUT2D eigenvalue weighted by atomic mass is 32.2. The molecule has 0 spiro atoms. The second-order valence-corrected chi connectivity index (χ2v) is 9.01. The molecular formula is C18H25N7O4S2. The standard InChI is InChI=1S/C18H25N7O4S2/c1-4-10-20-17(27)21-15(26)12-30-18-23-22-16(25(18)19)13-8-7-9-14(11-13)31(28,29)24(5-2)6-3/h4,7-9,11H,1,5-6,10,12,19H2,2-3H3,(H2,20,21,26,27). The molecule has 0 aliphatic rings. The Balaban J connectivity index is 2.14. The van der Waals surface area contributed by atoms with Gasteiger partial charge in [-0.1, -0.05) is 43.8 Å². The molecule has 2 rings (SSSR count). The summed E-state index contributed by atoms with van der Waals surface area (Å²) in [4.78, 5) is 23.5. The van der Waals surface area contributed by atoms with Crippen molar-refractivity contribution < 1.29 is 18.0 Å². The Labute approximate surface area is 185 Å². The number of thioether (sulfide) groups is 1. The lowest BCUT2D eigenvalue weighted by Crippen LogP contribution is -2.40. The van der Waals surface area contributed by atoms with Crippen LogP contribution in [0.5, 0.6) is 0 Å². The van der Waals surface area contributed by atoms with Crippen LogP contribution in [0.1, 0.15) is 13.8 Å². The summed E-state index contributed by atoms with van der Waals surface area (Å²) in [6.07, 6.45) is 1.49. The second kappa shape index (κ2) is 10.9. The molecule has 0 unspecified atom stereocenters. The number of amides is 3. The quantitative estimate of drug-likeness (QED) is 0.263. The van der Waals surface area contributed by atoms with E-state index in [2.05, 4.69) is 27.4 Å². The van der Waals surface area contributed by atoms with E-state index in [4.69, 9.17) is 5.84 Å². The van der Waals surface area contributed by atoms with Gasteiger partial charge < -0.3 is 11.2 Å². The summed E-state index contributed by atoms with van der Waals surface area (Å²) in [5.74, 6) is 5.63. The van der Waals surface area contributed by atoms with E-state index in [1.54, 1.807) is 26.0 Å². The number of urea groups is 1. The van der Waals surface area contributed by atoms with Crippen LogP contribution < -0.4 is 16.5 Å². The van der Waals surface area contributed by atoms with Crippen LogP contribution in [0.2, 0.25) is 0 Å². The van der Waals surface area contributed by atoms with E-state index in [0.29, 0.717) is 18.7 Å². The molecule has 31 heavy (non-hydrogen) atoms. The van der Waals surface area contributed by atoms with Crippen molar-refractivity contribution in [3.8, 4) is 11.4 Å². The minimum Gasteiger partial charge on any atom is -0.335 e. The van der Waals surface area contributed by atoms with Crippen LogP contribution in [0.15, 0.2) is 47.0 Å². The lowest BCUT2D eigenvalue weighted by molar-refractivity contribution is -0.117. The van der Waals surface area contributed by atoms with Crippen molar-refractivity contribution in [1.82, 2.24) is 29.8 Å². The number of nitrogens with zero attached hydrogens (tertiary/aromatic N) is 4. The fourth-order valence-electron chi connectivity index (χ4n) is 2.58. The van der Waals surface area contributed by atoms with E-state index >= 15 is 0 Å². The number of carbonyl (C=O) groups is 2. The third kappa shape index (κ3) is 6.06. The summed E-state index contributed by atoms with van der Waals surface area (Å²) in [6.45, 7) is 7.93. The number of hydrogen-bond acceptors (Lipinski definition) is 8. The molecule has 0 aliphatic carbocycles. The van der Waals surface area contributed by atoms with Gasteiger partial charge in [0.05, 0.1) is 10.6 Å². The lowest BCUT2D eigenvalue weighted by Gasteiger charge is -2.18. The van der Waals surface area contributed by atoms with Gasteiger partial charge in [-0.3, -0.25) is 10.1 Å². The topological polar surface area (TPSA) is 152 Å². The highest BCUT2D eigenvalue weighted by Crippen LogP contribution is 2.25. The SMILES string of the molecule is C=CCNC(=O)NC(=O)CSc1nnc(-c2cccc(S(=O)(=O)N(CC)CC)c2)n1N. The molecule has 1 heterocycles. The summed E-state index contributed by atoms with van der Waals surface area (Å²) in [5.41, 5.74) is 0.461. The van der Waals surface area contributed by atoms with Gasteiger partial charge in [0.15, 0.2) is 5.82 Å². The van der Waals surface area contributed by atoms with Crippen LogP contribution in [0.4, 0.5) is 4.79 Å². The molecule has 0 fully saturated rings. The smallest absolute Gasteiger partial charge is 0.321 e. The summed E-state index contributed by atoms with van der Waals surface area (Å²) < 4.78 is 28.0. The normalized spacial score (nSPS) is 11.3. The molecule has 1 aromatic carbocycles. The van der Waals surface area contributed by atoms with E-state index in [-0.39, 0.29) is 28.2 Å². The third-order valence-corrected chi connectivity index (χ3v) is 7.08. The summed E-state index contributed by atoms with van der Waals surface area (Å²) in [7, 11) is -3.64. The van der Waals surface area contributed by atoms with Crippen molar-refractivity contribution in [2.24, 2.45) is 0 Å². The molecule has 11 nitrogen and oxygen atoms in total. The highest BCUT2D eigenvalue weighted by Gasteiger charge is 2.23. The maximum absolute atomic E-state index is 12.8. The Kier molecular flexibility index (Phi) is 8.59. The van der Waals surface area contributed by atoms with Crippen molar-refractivity contribution >= 4 is 33.7 Å². The molecule has 3 amide bonds. The number of nitrogens with one attached hydrogen (secondary N) is 2. The molecule has 0 radical (unpaired) electrons. The minimum atomic E-state index is -3.64. The number of imide groups is 1. The van der Waals surface area contributed by atoms with E-state index in [0.717, 1.165) is 11.8 Å². The predicted molar refractivity (Wildman–Crippen MR) is 118 cm³/mol. The van der Waals surface area contributed by atoms with Crippen LogP contribution >= 0.6 is 11.8 Å². The number of sulfonamides is 1. The first-order chi connectivity index (χ1) is 14.7. The van der Waals surface area contributed by atoms with Gasteiger partial charge >= 0.3 is 6.03 Å². The zero-order chi connectivity index (χ0) is 23.0. The number of aromatic nitrogens is 3. The van der Waals surface area contributed by atoms with Crippen LogP contribution in [0.25, 0.3) is 11.4 Å². The summed E-state index contributed by atoms with van der Waals surface area (Å²) in [5, 5.41) is 12.8. The van der Waals surface area contributed by atoms with Crippen molar-refractivity contribution in [2.75, 3.05) is 31.2 Å². The molecule has 0 bridgehead atoms. The Morgan fingerprint density at radius 1 is 1.29 bits per heavy atom. The van der Waals surface area contributed by atoms with E-state index in [1.807, 2.05) is 0 Å². The average Bonchev–Trinajstić information content (AvgIpc) is 3.12. The molecule has 0 saturated carbocycles. The Morgan fingerprint density at radius 2 is 2.00 bits per heavy atom. The first-order valence-corrected chi connectivity index (χ1v) is 11.8. The fraction of sp³-hybridized carbons (Fsp3) is 0.333. The molecule has 168 valence electrons. The number of rotatable bonds is 10. The molecule has 1 aromatic heterocycles. The van der Waals surface area contributed by atoms with Gasteiger partial charge in [-0.15, -0.1) is 16.8 Å². The molecule has 0 atom stereocenters. The molecule has 4 N–H and O–H groups in total. The first-order valence-electron chi connectivity index (χ1n) is 9.37. The summed E-state index contributed by atoms with van der Waals surface area (Å²) >= 11 is 0.984. The van der Waals surface area contributed by atoms with Gasteiger partial charge in [-0.05, 0) is 12.1 Å². The molecular weight excluding hydrogens is 442 g/mol. The van der Waals surface area contributed by atoms with Gasteiger partial charge in [0, 0.05) is 25.2 Å². The van der Waals surface area contributed by atoms with Crippen molar-refractivity contribution in [3.63, 3.8) is 0 Å². The number of hydrogen-bond donors (Lipinski definition) is 3. The van der Waals surface area contributed by atoms with Crippen LogP contribution in [0, 0.1) is 0 Å². The van der Waals surface area contributed by atoms with Gasteiger partial charge in [-0.2, -0.15) is 4.31 Å². The average molecular weight is 468 g/mol. The third-order valence-electron chi connectivity index (χ3n) is 4.09. The zero-order valence-corrected chi connectivity index (χ0v) is 18.9. The Hall–Kier alpha value is -2.90. The second-order valence-electron chi connectivity index (χ2n) is 6.13. The fourth-order valence-corrected chi connectivity index (χ4v) is 4.74. The summed E-state index contributed by atoms with van der Waals surface area (Å²) in [6, 6.07) is 5.62. The molecule has 2 aromatic rings. The lowest BCUT2D eigenvalue weighted by atomic mass is 10.2. The van der Waals surface area contributed by atoms with Gasteiger partial charge in [0.2, 0.25) is 21.1 Å². The number of carbonyl (C=O) groups excluding carboxylic acids is 2. The number of nitrogen functional groups attached to an aromatic ring is 1. The molecule has 13 heteroatoms. The van der Waals surface area contributed by atoms with E-state index < -0.39 is 22.0 Å². The molecule has 0 saturated heterocycles. The largest absolute Gasteiger partial charge is 0.335 e. The van der Waals surface area contributed by atoms with Crippen LogP contribution in [-0.2, 0) is 14.8 Å². The van der Waals surface area contributed by atoms with Gasteiger partial charge in [0.1, 0.15) is 0 Å². The van der Waals surface area contributed by atoms with E-state index in [9.17, 15) is 18.0 Å². The number of benzene rings is 1. The Bertz CT molecular complexity index is 1050. The van der Waals surface area contributed by atoms with E-state index in [1.165, 1.54) is 27.2 Å². The predicted octanol–water partition coefficient (Wildman–Crippen LogP) is 0.793. The molecule has 0 aliphatic heterocycles. The van der Waals surface area contributed by atoms with Crippen molar-refractivity contribution in [1.29, 1.82) is 0 Å². The Morgan fingerprint density at radius 3 is 2.65 bits per heavy atom. The highest BCUT2D eigenvalue weighted by molar-refractivity contribution is 7.99. The maximum atomic E-state index is 12.8. The van der Waals surface area contributed by atoms with Crippen LogP contribution in [-0.4, -0.2) is 64.9 Å². The maximum Gasteiger partial charge on any atom is 0.321 e. The zero-order valence-electron chi connectivity index (χ0n) is 17.2. The van der Waals surface area contributed by atoms with Gasteiger partial charge in [0.25, 0.3) is 0 Å². The first kappa shape index (κ1) is 24.4. The number of nitrogens with two attached hydrogens (primary N) is 1. The van der Waals surface area contributed by atoms with Crippen LogP contribution in [0.3, 0.4) is 0 Å². The monoisotopic (exact) mass is 467 g/mol. The van der Waals surface area contributed by atoms with Gasteiger partial charge in [-0.25, -0.2) is 17.9 Å².